The van der Waals surface area contributed by atoms with Gasteiger partial charge in [-0.1, -0.05) is 67.6 Å². The smallest absolute Gasteiger partial charge is 0.264 e. The second kappa shape index (κ2) is 13.2. The summed E-state index contributed by atoms with van der Waals surface area (Å²) in [4.78, 5) is 28.6. The molecule has 202 valence electrons. The number of nitrogens with one attached hydrogen (secondary N) is 1. The molecule has 0 radical (unpaired) electrons. The first-order valence-corrected chi connectivity index (χ1v) is 14.4. The summed E-state index contributed by atoms with van der Waals surface area (Å²) in [6.07, 6.45) is 0.943. The van der Waals surface area contributed by atoms with Crippen LogP contribution in [-0.2, 0) is 26.0 Å². The van der Waals surface area contributed by atoms with E-state index in [2.05, 4.69) is 5.32 Å². The van der Waals surface area contributed by atoms with E-state index in [4.69, 9.17) is 0 Å². The molecule has 8 heteroatoms. The lowest BCUT2D eigenvalue weighted by atomic mass is 10.1. The summed E-state index contributed by atoms with van der Waals surface area (Å²) in [6, 6.07) is 22.5. The van der Waals surface area contributed by atoms with Gasteiger partial charge in [-0.15, -0.1) is 0 Å². The zero-order valence-corrected chi connectivity index (χ0v) is 23.4. The summed E-state index contributed by atoms with van der Waals surface area (Å²) < 4.78 is 28.9. The lowest BCUT2D eigenvalue weighted by Crippen LogP contribution is -2.53. The van der Waals surface area contributed by atoms with E-state index < -0.39 is 28.5 Å². The fourth-order valence-corrected chi connectivity index (χ4v) is 5.92. The van der Waals surface area contributed by atoms with Crippen molar-refractivity contribution in [2.24, 2.45) is 0 Å². The number of aryl methyl sites for hydroxylation is 1. The third-order valence-corrected chi connectivity index (χ3v) is 8.45. The van der Waals surface area contributed by atoms with E-state index in [1.54, 1.807) is 30.3 Å². The number of rotatable bonds is 12. The summed E-state index contributed by atoms with van der Waals surface area (Å²) in [7, 11) is -4.07. The van der Waals surface area contributed by atoms with Gasteiger partial charge in [-0.3, -0.25) is 13.9 Å². The van der Waals surface area contributed by atoms with E-state index in [1.807, 2.05) is 64.1 Å². The average molecular weight is 536 g/mol. The van der Waals surface area contributed by atoms with Crippen molar-refractivity contribution in [3.63, 3.8) is 0 Å². The maximum Gasteiger partial charge on any atom is 0.264 e. The molecule has 38 heavy (non-hydrogen) atoms. The van der Waals surface area contributed by atoms with E-state index in [0.717, 1.165) is 16.7 Å². The van der Waals surface area contributed by atoms with Crippen LogP contribution in [0.1, 0.15) is 37.0 Å². The van der Waals surface area contributed by atoms with E-state index in [1.165, 1.54) is 21.3 Å². The zero-order valence-electron chi connectivity index (χ0n) is 22.6. The van der Waals surface area contributed by atoms with Gasteiger partial charge in [0.2, 0.25) is 11.8 Å². The molecular weight excluding hydrogens is 498 g/mol. The minimum atomic E-state index is -4.07. The second-order valence-corrected chi connectivity index (χ2v) is 11.0. The topological polar surface area (TPSA) is 86.8 Å². The predicted molar refractivity (Wildman–Crippen MR) is 152 cm³/mol. The molecule has 0 heterocycles. The van der Waals surface area contributed by atoms with Crippen LogP contribution in [0.4, 0.5) is 5.69 Å². The predicted octanol–water partition coefficient (Wildman–Crippen LogP) is 4.48. The third kappa shape index (κ3) is 6.81. The molecule has 3 aromatic carbocycles. The van der Waals surface area contributed by atoms with Crippen LogP contribution in [0.15, 0.2) is 83.8 Å². The Morgan fingerprint density at radius 2 is 1.50 bits per heavy atom. The van der Waals surface area contributed by atoms with Crippen molar-refractivity contribution in [2.75, 3.05) is 23.9 Å². The largest absolute Gasteiger partial charge is 0.355 e. The van der Waals surface area contributed by atoms with E-state index >= 15 is 0 Å². The number of anilines is 1. The quantitative estimate of drug-likeness (QED) is 0.370. The zero-order chi connectivity index (χ0) is 27.7. The fraction of sp³-hybridized carbons (Fsp3) is 0.333. The first-order valence-electron chi connectivity index (χ1n) is 13.0. The standard InChI is InChI=1S/C30H37N3O4S/c1-5-27(30(35)31-6-2)32(21-20-25-15-9-7-10-16-25)29(34)22-33(28-19-13-14-23(3)24(28)4)38(36,37)26-17-11-8-12-18-26/h7-19,27H,5-6,20-22H2,1-4H3,(H,31,35)/t27-/m1/s1. The van der Waals surface area contributed by atoms with Gasteiger partial charge in [0.25, 0.3) is 10.0 Å². The lowest BCUT2D eigenvalue weighted by Gasteiger charge is -2.33. The second-order valence-electron chi connectivity index (χ2n) is 9.19. The van der Waals surface area contributed by atoms with Crippen molar-refractivity contribution in [1.29, 1.82) is 0 Å². The van der Waals surface area contributed by atoms with Crippen molar-refractivity contribution < 1.29 is 18.0 Å². The Morgan fingerprint density at radius 1 is 0.868 bits per heavy atom. The molecule has 0 saturated carbocycles. The summed E-state index contributed by atoms with van der Waals surface area (Å²) in [5, 5.41) is 2.82. The van der Waals surface area contributed by atoms with Crippen molar-refractivity contribution in [2.45, 2.75) is 51.5 Å². The molecule has 1 atom stereocenters. The number of benzene rings is 3. The Bertz CT molecular complexity index is 1330. The molecule has 0 bridgehead atoms. The third-order valence-electron chi connectivity index (χ3n) is 6.68. The Labute approximate surface area is 226 Å². The molecule has 0 aliphatic heterocycles. The number of likely N-dealkylation sites (N-methyl/N-ethyl adjacent to an activating group) is 1. The van der Waals surface area contributed by atoms with Crippen molar-refractivity contribution in [1.82, 2.24) is 10.2 Å². The van der Waals surface area contributed by atoms with Gasteiger partial charge in [0, 0.05) is 13.1 Å². The number of sulfonamides is 1. The minimum Gasteiger partial charge on any atom is -0.355 e. The maximum atomic E-state index is 14.0. The molecule has 3 rings (SSSR count). The van der Waals surface area contributed by atoms with Crippen molar-refractivity contribution in [3.05, 3.63) is 95.6 Å². The average Bonchev–Trinajstić information content (AvgIpc) is 2.92. The Kier molecular flexibility index (Phi) is 10.1. The molecule has 3 aromatic rings. The fourth-order valence-electron chi connectivity index (χ4n) is 4.43. The monoisotopic (exact) mass is 535 g/mol. The molecule has 7 nitrogen and oxygen atoms in total. The molecular formula is C30H37N3O4S. The minimum absolute atomic E-state index is 0.0975. The van der Waals surface area contributed by atoms with Crippen LogP contribution in [0, 0.1) is 13.8 Å². The van der Waals surface area contributed by atoms with Gasteiger partial charge < -0.3 is 10.2 Å². The first-order chi connectivity index (χ1) is 18.2. The molecule has 2 amide bonds. The SMILES string of the molecule is CCNC(=O)[C@@H](CC)N(CCc1ccccc1)C(=O)CN(c1cccc(C)c1C)S(=O)(=O)c1ccccc1. The number of hydrogen-bond acceptors (Lipinski definition) is 4. The van der Waals surface area contributed by atoms with Crippen molar-refractivity contribution >= 4 is 27.5 Å². The highest BCUT2D eigenvalue weighted by atomic mass is 32.2. The van der Waals surface area contributed by atoms with Gasteiger partial charge in [-0.05, 0) is 68.5 Å². The Hall–Kier alpha value is -3.65. The molecule has 0 aliphatic carbocycles. The highest BCUT2D eigenvalue weighted by Gasteiger charge is 2.33. The van der Waals surface area contributed by atoms with Gasteiger partial charge in [-0.2, -0.15) is 0 Å². The van der Waals surface area contributed by atoms with Crippen LogP contribution in [0.25, 0.3) is 0 Å². The van der Waals surface area contributed by atoms with Crippen LogP contribution in [0.2, 0.25) is 0 Å². The molecule has 1 N–H and O–H groups in total. The maximum absolute atomic E-state index is 14.0. The van der Waals surface area contributed by atoms with E-state index in [9.17, 15) is 18.0 Å². The first kappa shape index (κ1) is 28.9. The normalized spacial score (nSPS) is 12.0. The molecule has 0 spiro atoms. The van der Waals surface area contributed by atoms with Crippen molar-refractivity contribution in [3.8, 4) is 0 Å². The van der Waals surface area contributed by atoms with Crippen LogP contribution in [0.5, 0.6) is 0 Å². The van der Waals surface area contributed by atoms with Gasteiger partial charge in [0.15, 0.2) is 0 Å². The number of hydrogen-bond donors (Lipinski definition) is 1. The lowest BCUT2D eigenvalue weighted by molar-refractivity contribution is -0.139. The molecule has 0 saturated heterocycles. The molecule has 0 aromatic heterocycles. The number of carbonyl (C=O) groups excluding carboxylic acids is 2. The van der Waals surface area contributed by atoms with Crippen LogP contribution in [-0.4, -0.2) is 50.8 Å². The van der Waals surface area contributed by atoms with Gasteiger partial charge in [0.05, 0.1) is 10.6 Å². The summed E-state index contributed by atoms with van der Waals surface area (Å²) in [5.41, 5.74) is 3.15. The summed E-state index contributed by atoms with van der Waals surface area (Å²) >= 11 is 0. The summed E-state index contributed by atoms with van der Waals surface area (Å²) in [6.45, 7) is 7.73. The molecule has 0 unspecified atom stereocenters. The van der Waals surface area contributed by atoms with Gasteiger partial charge in [0.1, 0.15) is 12.6 Å². The van der Waals surface area contributed by atoms with E-state index in [0.29, 0.717) is 25.1 Å². The van der Waals surface area contributed by atoms with Crippen LogP contribution in [0.3, 0.4) is 0 Å². The number of carbonyl (C=O) groups is 2. The highest BCUT2D eigenvalue weighted by molar-refractivity contribution is 7.92. The molecule has 0 aliphatic rings. The number of nitrogens with zero attached hydrogens (tertiary/aromatic N) is 2. The summed E-state index contributed by atoms with van der Waals surface area (Å²) in [5.74, 6) is -0.680. The number of amides is 2. The highest BCUT2D eigenvalue weighted by Crippen LogP contribution is 2.29. The molecule has 0 fully saturated rings. The van der Waals surface area contributed by atoms with Crippen LogP contribution >= 0.6 is 0 Å². The van der Waals surface area contributed by atoms with Crippen LogP contribution < -0.4 is 9.62 Å². The van der Waals surface area contributed by atoms with Gasteiger partial charge in [-0.25, -0.2) is 8.42 Å². The van der Waals surface area contributed by atoms with E-state index in [-0.39, 0.29) is 17.3 Å². The Balaban J connectivity index is 2.03. The van der Waals surface area contributed by atoms with Gasteiger partial charge >= 0.3 is 0 Å². The Morgan fingerprint density at radius 3 is 2.11 bits per heavy atom.